The average Bonchev–Trinajstić information content (AvgIpc) is 2.53. The molecule has 3 atom stereocenters. The lowest BCUT2D eigenvalue weighted by atomic mass is 9.83. The lowest BCUT2D eigenvalue weighted by Crippen LogP contribution is -2.41. The van der Waals surface area contributed by atoms with Gasteiger partial charge in [0.05, 0.1) is 6.10 Å². The van der Waals surface area contributed by atoms with Crippen LogP contribution >= 0.6 is 0 Å². The first-order chi connectivity index (χ1) is 4.76. The SMILES string of the molecule is CC1OC12CCCCC2N. The molecule has 1 spiro atoms. The summed E-state index contributed by atoms with van der Waals surface area (Å²) in [6, 6.07) is 0.316. The first kappa shape index (κ1) is 6.62. The molecule has 0 radical (unpaired) electrons. The number of hydrogen-bond donors (Lipinski definition) is 1. The second kappa shape index (κ2) is 1.95. The zero-order valence-corrected chi connectivity index (χ0v) is 6.47. The van der Waals surface area contributed by atoms with E-state index in [-0.39, 0.29) is 5.60 Å². The molecule has 10 heavy (non-hydrogen) atoms. The molecular formula is C8H15NO. The van der Waals surface area contributed by atoms with E-state index in [2.05, 4.69) is 6.92 Å². The summed E-state index contributed by atoms with van der Waals surface area (Å²) in [4.78, 5) is 0. The van der Waals surface area contributed by atoms with Crippen LogP contribution < -0.4 is 5.73 Å². The smallest absolute Gasteiger partial charge is 0.109 e. The predicted molar refractivity (Wildman–Crippen MR) is 39.7 cm³/mol. The first-order valence-corrected chi connectivity index (χ1v) is 4.19. The molecule has 2 fully saturated rings. The van der Waals surface area contributed by atoms with Crippen molar-refractivity contribution in [2.45, 2.75) is 50.4 Å². The predicted octanol–water partition coefficient (Wildman–Crippen LogP) is 1.05. The van der Waals surface area contributed by atoms with E-state index in [1.165, 1.54) is 19.3 Å². The molecule has 2 aliphatic rings. The van der Waals surface area contributed by atoms with Gasteiger partial charge in [0.25, 0.3) is 0 Å². The molecule has 0 bridgehead atoms. The van der Waals surface area contributed by atoms with Gasteiger partial charge in [-0.2, -0.15) is 0 Å². The van der Waals surface area contributed by atoms with Gasteiger partial charge < -0.3 is 10.5 Å². The van der Waals surface area contributed by atoms with E-state index in [0.717, 1.165) is 6.42 Å². The molecule has 0 aromatic carbocycles. The van der Waals surface area contributed by atoms with E-state index in [9.17, 15) is 0 Å². The van der Waals surface area contributed by atoms with E-state index in [0.29, 0.717) is 12.1 Å². The summed E-state index contributed by atoms with van der Waals surface area (Å²) >= 11 is 0. The summed E-state index contributed by atoms with van der Waals surface area (Å²) in [6.45, 7) is 2.13. The molecule has 1 saturated carbocycles. The minimum atomic E-state index is 0.123. The molecule has 2 N–H and O–H groups in total. The van der Waals surface area contributed by atoms with E-state index < -0.39 is 0 Å². The Balaban J connectivity index is 2.06. The Morgan fingerprint density at radius 2 is 2.20 bits per heavy atom. The van der Waals surface area contributed by atoms with Crippen molar-refractivity contribution >= 4 is 0 Å². The molecule has 0 amide bonds. The van der Waals surface area contributed by atoms with Crippen molar-refractivity contribution < 1.29 is 4.74 Å². The van der Waals surface area contributed by atoms with Crippen LogP contribution in [0.2, 0.25) is 0 Å². The highest BCUT2D eigenvalue weighted by Crippen LogP contribution is 2.46. The second-order valence-electron chi connectivity index (χ2n) is 3.57. The van der Waals surface area contributed by atoms with E-state index >= 15 is 0 Å². The van der Waals surface area contributed by atoms with Crippen molar-refractivity contribution in [1.29, 1.82) is 0 Å². The van der Waals surface area contributed by atoms with Gasteiger partial charge in [-0.15, -0.1) is 0 Å². The number of epoxide rings is 1. The monoisotopic (exact) mass is 141 g/mol. The van der Waals surface area contributed by atoms with Crippen LogP contribution in [0.5, 0.6) is 0 Å². The van der Waals surface area contributed by atoms with Crippen LogP contribution in [0.15, 0.2) is 0 Å². The number of hydrogen-bond acceptors (Lipinski definition) is 2. The van der Waals surface area contributed by atoms with Gasteiger partial charge in [-0.05, 0) is 19.8 Å². The van der Waals surface area contributed by atoms with Crippen molar-refractivity contribution in [3.63, 3.8) is 0 Å². The van der Waals surface area contributed by atoms with Gasteiger partial charge in [-0.25, -0.2) is 0 Å². The van der Waals surface area contributed by atoms with Crippen LogP contribution in [0.25, 0.3) is 0 Å². The Morgan fingerprint density at radius 3 is 2.60 bits per heavy atom. The molecule has 3 unspecified atom stereocenters. The first-order valence-electron chi connectivity index (χ1n) is 4.19. The number of ether oxygens (including phenoxy) is 1. The Hall–Kier alpha value is -0.0800. The maximum Gasteiger partial charge on any atom is 0.109 e. The molecule has 0 aromatic rings. The van der Waals surface area contributed by atoms with E-state index in [1.807, 2.05) is 0 Å². The minimum absolute atomic E-state index is 0.123. The summed E-state index contributed by atoms with van der Waals surface area (Å²) in [5, 5.41) is 0. The van der Waals surface area contributed by atoms with E-state index in [4.69, 9.17) is 10.5 Å². The molecule has 1 aliphatic carbocycles. The van der Waals surface area contributed by atoms with Gasteiger partial charge in [-0.3, -0.25) is 0 Å². The molecular weight excluding hydrogens is 126 g/mol. The number of rotatable bonds is 0. The third-order valence-corrected chi connectivity index (χ3v) is 2.99. The van der Waals surface area contributed by atoms with Gasteiger partial charge in [0, 0.05) is 6.04 Å². The summed E-state index contributed by atoms with van der Waals surface area (Å²) in [6.07, 6.45) is 5.37. The summed E-state index contributed by atoms with van der Waals surface area (Å²) < 4.78 is 5.53. The molecule has 1 saturated heterocycles. The summed E-state index contributed by atoms with van der Waals surface area (Å²) in [5.74, 6) is 0. The fourth-order valence-electron chi connectivity index (χ4n) is 2.14. The lowest BCUT2D eigenvalue weighted by Gasteiger charge is -2.25. The highest BCUT2D eigenvalue weighted by Gasteiger charge is 2.57. The fourth-order valence-corrected chi connectivity index (χ4v) is 2.14. The van der Waals surface area contributed by atoms with Crippen molar-refractivity contribution in [2.24, 2.45) is 5.73 Å². The Morgan fingerprint density at radius 1 is 1.50 bits per heavy atom. The Kier molecular flexibility index (Phi) is 1.29. The standard InChI is InChI=1S/C8H15NO/c1-6-8(10-6)5-3-2-4-7(8)9/h6-7H,2-5,9H2,1H3. The van der Waals surface area contributed by atoms with Gasteiger partial charge in [-0.1, -0.05) is 12.8 Å². The molecule has 2 rings (SSSR count). The molecule has 58 valence electrons. The normalized spacial score (nSPS) is 53.4. The highest BCUT2D eigenvalue weighted by atomic mass is 16.6. The van der Waals surface area contributed by atoms with Gasteiger partial charge in [0.1, 0.15) is 5.60 Å². The van der Waals surface area contributed by atoms with Crippen LogP contribution in [0.1, 0.15) is 32.6 Å². The van der Waals surface area contributed by atoms with Crippen molar-refractivity contribution in [2.75, 3.05) is 0 Å². The Bertz CT molecular complexity index is 148. The second-order valence-corrected chi connectivity index (χ2v) is 3.57. The van der Waals surface area contributed by atoms with E-state index in [1.54, 1.807) is 0 Å². The molecule has 2 heteroatoms. The third-order valence-electron chi connectivity index (χ3n) is 2.99. The Labute approximate surface area is 61.7 Å². The maximum atomic E-state index is 5.94. The van der Waals surface area contributed by atoms with Crippen molar-refractivity contribution in [3.05, 3.63) is 0 Å². The molecule has 1 aliphatic heterocycles. The topological polar surface area (TPSA) is 38.5 Å². The zero-order valence-electron chi connectivity index (χ0n) is 6.47. The largest absolute Gasteiger partial charge is 0.365 e. The van der Waals surface area contributed by atoms with Crippen LogP contribution in [0, 0.1) is 0 Å². The van der Waals surface area contributed by atoms with Gasteiger partial charge in [0.2, 0.25) is 0 Å². The minimum Gasteiger partial charge on any atom is -0.365 e. The lowest BCUT2D eigenvalue weighted by molar-refractivity contribution is 0.206. The molecule has 2 nitrogen and oxygen atoms in total. The average molecular weight is 141 g/mol. The van der Waals surface area contributed by atoms with Gasteiger partial charge in [0.15, 0.2) is 0 Å². The van der Waals surface area contributed by atoms with Gasteiger partial charge >= 0.3 is 0 Å². The quantitative estimate of drug-likeness (QED) is 0.512. The fraction of sp³-hybridized carbons (Fsp3) is 1.00. The maximum absolute atomic E-state index is 5.94. The van der Waals surface area contributed by atoms with Crippen LogP contribution in [0.3, 0.4) is 0 Å². The molecule has 1 heterocycles. The third kappa shape index (κ3) is 0.722. The van der Waals surface area contributed by atoms with Crippen LogP contribution in [-0.2, 0) is 4.74 Å². The number of nitrogens with two attached hydrogens (primary N) is 1. The zero-order chi connectivity index (χ0) is 7.19. The summed E-state index contributed by atoms with van der Waals surface area (Å²) in [5.41, 5.74) is 6.06. The van der Waals surface area contributed by atoms with Crippen molar-refractivity contribution in [1.82, 2.24) is 0 Å². The van der Waals surface area contributed by atoms with Crippen molar-refractivity contribution in [3.8, 4) is 0 Å². The van der Waals surface area contributed by atoms with Crippen LogP contribution in [-0.4, -0.2) is 17.7 Å². The summed E-state index contributed by atoms with van der Waals surface area (Å²) in [7, 11) is 0. The highest BCUT2D eigenvalue weighted by molar-refractivity contribution is 5.09. The van der Waals surface area contributed by atoms with Crippen LogP contribution in [0.4, 0.5) is 0 Å². The molecule has 0 aromatic heterocycles.